The van der Waals surface area contributed by atoms with E-state index in [-0.39, 0.29) is 4.90 Å². The lowest BCUT2D eigenvalue weighted by molar-refractivity contribution is 0.0669. The molecule has 0 bridgehead atoms. The van der Waals surface area contributed by atoms with E-state index in [4.69, 9.17) is 9.88 Å². The first-order valence-electron chi connectivity index (χ1n) is 6.52. The largest absolute Gasteiger partial charge is 0.381 e. The van der Waals surface area contributed by atoms with E-state index in [2.05, 4.69) is 21.2 Å². The second kappa shape index (κ2) is 6.43. The van der Waals surface area contributed by atoms with Crippen molar-refractivity contribution in [3.05, 3.63) is 22.7 Å². The van der Waals surface area contributed by atoms with Crippen molar-refractivity contribution in [2.45, 2.75) is 42.7 Å². The molecule has 0 radical (unpaired) electrons. The van der Waals surface area contributed by atoms with Crippen LogP contribution >= 0.6 is 15.9 Å². The van der Waals surface area contributed by atoms with Gasteiger partial charge in [-0.2, -0.15) is 0 Å². The molecule has 0 aliphatic heterocycles. The summed E-state index contributed by atoms with van der Waals surface area (Å²) in [6.45, 7) is 0. The summed E-state index contributed by atoms with van der Waals surface area (Å²) in [5, 5.41) is 8.54. The zero-order valence-electron chi connectivity index (χ0n) is 11.3. The molecule has 1 aliphatic rings. The van der Waals surface area contributed by atoms with Crippen LogP contribution in [0.15, 0.2) is 27.6 Å². The molecule has 1 aliphatic carbocycles. The third kappa shape index (κ3) is 3.94. The Balaban J connectivity index is 2.10. The minimum absolute atomic E-state index is 0.105. The van der Waals surface area contributed by atoms with Gasteiger partial charge in [0.25, 0.3) is 0 Å². The first-order valence-corrected chi connectivity index (χ1v) is 8.86. The van der Waals surface area contributed by atoms with Crippen LogP contribution < -0.4 is 10.5 Å². The van der Waals surface area contributed by atoms with Crippen LogP contribution in [0.1, 0.15) is 25.7 Å². The summed E-state index contributed by atoms with van der Waals surface area (Å²) in [6.07, 6.45) is 4.57. The molecule has 2 unspecified atom stereocenters. The molecule has 112 valence electrons. The highest BCUT2D eigenvalue weighted by Gasteiger charge is 2.22. The molecule has 1 fully saturated rings. The van der Waals surface area contributed by atoms with Crippen molar-refractivity contribution in [2.75, 3.05) is 12.4 Å². The van der Waals surface area contributed by atoms with Crippen LogP contribution in [0.5, 0.6) is 0 Å². The van der Waals surface area contributed by atoms with Crippen molar-refractivity contribution in [3.63, 3.8) is 0 Å². The number of nitrogens with one attached hydrogen (secondary N) is 1. The van der Waals surface area contributed by atoms with E-state index in [1.165, 1.54) is 12.1 Å². The Bertz CT molecular complexity index is 577. The predicted octanol–water partition coefficient (Wildman–Crippen LogP) is 2.47. The van der Waals surface area contributed by atoms with Crippen molar-refractivity contribution in [1.29, 1.82) is 0 Å². The number of nitrogens with two attached hydrogens (primary N) is 1. The van der Waals surface area contributed by atoms with E-state index in [1.807, 2.05) is 0 Å². The Morgan fingerprint density at radius 1 is 1.40 bits per heavy atom. The SMILES string of the molecule is COC1CCCC(Nc2ccc(S(N)(=O)=O)cc2Br)C1. The quantitative estimate of drug-likeness (QED) is 0.861. The third-order valence-electron chi connectivity index (χ3n) is 3.59. The number of halogens is 1. The van der Waals surface area contributed by atoms with E-state index < -0.39 is 10.0 Å². The zero-order chi connectivity index (χ0) is 14.8. The predicted molar refractivity (Wildman–Crippen MR) is 82.2 cm³/mol. The van der Waals surface area contributed by atoms with Crippen LogP contribution in [0.25, 0.3) is 0 Å². The van der Waals surface area contributed by atoms with Crippen LogP contribution in [-0.4, -0.2) is 27.7 Å². The number of benzene rings is 1. The van der Waals surface area contributed by atoms with Crippen molar-refractivity contribution >= 4 is 31.6 Å². The standard InChI is InChI=1S/C13H19BrN2O3S/c1-19-10-4-2-3-9(7-10)16-13-6-5-11(8-12(13)14)20(15,17)18/h5-6,8-10,16H,2-4,7H2,1H3,(H2,15,17,18). The fourth-order valence-electron chi connectivity index (χ4n) is 2.50. The van der Waals surface area contributed by atoms with E-state index in [0.717, 1.165) is 31.4 Å². The maximum Gasteiger partial charge on any atom is 0.238 e. The summed E-state index contributed by atoms with van der Waals surface area (Å²) in [7, 11) is -1.93. The summed E-state index contributed by atoms with van der Waals surface area (Å²) < 4.78 is 28.7. The molecule has 0 aromatic heterocycles. The molecule has 2 atom stereocenters. The molecule has 3 N–H and O–H groups in total. The van der Waals surface area contributed by atoms with Gasteiger partial charge in [0.15, 0.2) is 0 Å². The highest BCUT2D eigenvalue weighted by atomic mass is 79.9. The fraction of sp³-hybridized carbons (Fsp3) is 0.538. The Hall–Kier alpha value is -0.630. The number of hydrogen-bond acceptors (Lipinski definition) is 4. The molecule has 1 aromatic carbocycles. The number of primary sulfonamides is 1. The van der Waals surface area contributed by atoms with E-state index in [1.54, 1.807) is 13.2 Å². The number of rotatable bonds is 4. The molecular weight excluding hydrogens is 344 g/mol. The molecule has 0 spiro atoms. The van der Waals surface area contributed by atoms with Gasteiger partial charge in [0, 0.05) is 23.3 Å². The van der Waals surface area contributed by atoms with E-state index >= 15 is 0 Å². The molecule has 0 heterocycles. The fourth-order valence-corrected chi connectivity index (χ4v) is 3.68. The molecule has 20 heavy (non-hydrogen) atoms. The second-order valence-electron chi connectivity index (χ2n) is 5.05. The van der Waals surface area contributed by atoms with Gasteiger partial charge >= 0.3 is 0 Å². The molecule has 5 nitrogen and oxygen atoms in total. The van der Waals surface area contributed by atoms with Gasteiger partial charge in [0.2, 0.25) is 10.0 Å². The number of methoxy groups -OCH3 is 1. The van der Waals surface area contributed by atoms with Crippen LogP contribution in [-0.2, 0) is 14.8 Å². The van der Waals surface area contributed by atoms with Crippen molar-refractivity contribution in [2.24, 2.45) is 5.14 Å². The minimum atomic E-state index is -3.67. The number of sulfonamides is 1. The maximum absolute atomic E-state index is 11.3. The van der Waals surface area contributed by atoms with Crippen LogP contribution in [0, 0.1) is 0 Å². The van der Waals surface area contributed by atoms with Gasteiger partial charge < -0.3 is 10.1 Å². The Morgan fingerprint density at radius 2 is 2.15 bits per heavy atom. The monoisotopic (exact) mass is 362 g/mol. The molecule has 1 aromatic rings. The number of ether oxygens (including phenoxy) is 1. The highest BCUT2D eigenvalue weighted by Crippen LogP contribution is 2.29. The number of hydrogen-bond donors (Lipinski definition) is 2. The maximum atomic E-state index is 11.3. The molecule has 0 amide bonds. The minimum Gasteiger partial charge on any atom is -0.381 e. The average molecular weight is 363 g/mol. The summed E-state index contributed by atoms with van der Waals surface area (Å²) in [6, 6.07) is 5.11. The Kier molecular flexibility index (Phi) is 5.06. The molecule has 0 saturated heterocycles. The number of anilines is 1. The van der Waals surface area contributed by atoms with Crippen molar-refractivity contribution in [3.8, 4) is 0 Å². The van der Waals surface area contributed by atoms with Gasteiger partial charge in [-0.3, -0.25) is 0 Å². The van der Waals surface area contributed by atoms with E-state index in [0.29, 0.717) is 16.6 Å². The molecule has 2 rings (SSSR count). The summed E-state index contributed by atoms with van der Waals surface area (Å²) in [5.74, 6) is 0. The Morgan fingerprint density at radius 3 is 2.75 bits per heavy atom. The van der Waals surface area contributed by atoms with Gasteiger partial charge in [-0.15, -0.1) is 0 Å². The molecular formula is C13H19BrN2O3S. The van der Waals surface area contributed by atoms with Crippen LogP contribution in [0.4, 0.5) is 5.69 Å². The lowest BCUT2D eigenvalue weighted by atomic mass is 9.92. The lowest BCUT2D eigenvalue weighted by Crippen LogP contribution is -2.31. The summed E-state index contributed by atoms with van der Waals surface area (Å²) >= 11 is 3.38. The first-order chi connectivity index (χ1) is 9.40. The zero-order valence-corrected chi connectivity index (χ0v) is 13.7. The highest BCUT2D eigenvalue weighted by molar-refractivity contribution is 9.10. The van der Waals surface area contributed by atoms with Gasteiger partial charge in [-0.1, -0.05) is 0 Å². The molecule has 1 saturated carbocycles. The van der Waals surface area contributed by atoms with Crippen LogP contribution in [0.3, 0.4) is 0 Å². The van der Waals surface area contributed by atoms with Gasteiger partial charge in [0.05, 0.1) is 11.0 Å². The first kappa shape index (κ1) is 15.8. The van der Waals surface area contributed by atoms with Crippen molar-refractivity contribution < 1.29 is 13.2 Å². The summed E-state index contributed by atoms with van der Waals surface area (Å²) in [5.41, 5.74) is 0.874. The van der Waals surface area contributed by atoms with E-state index in [9.17, 15) is 8.42 Å². The average Bonchev–Trinajstić information content (AvgIpc) is 2.40. The van der Waals surface area contributed by atoms with Gasteiger partial charge in [-0.05, 0) is 59.8 Å². The lowest BCUT2D eigenvalue weighted by Gasteiger charge is -2.29. The Labute approximate surface area is 128 Å². The molecule has 7 heteroatoms. The second-order valence-corrected chi connectivity index (χ2v) is 7.47. The topological polar surface area (TPSA) is 81.4 Å². The van der Waals surface area contributed by atoms with Gasteiger partial charge in [0.1, 0.15) is 0 Å². The normalized spacial score (nSPS) is 23.6. The third-order valence-corrected chi connectivity index (χ3v) is 5.16. The van der Waals surface area contributed by atoms with Crippen LogP contribution in [0.2, 0.25) is 0 Å². The summed E-state index contributed by atoms with van der Waals surface area (Å²) in [4.78, 5) is 0.105. The van der Waals surface area contributed by atoms with Gasteiger partial charge in [-0.25, -0.2) is 13.6 Å². The van der Waals surface area contributed by atoms with Crippen molar-refractivity contribution in [1.82, 2.24) is 0 Å². The smallest absolute Gasteiger partial charge is 0.238 e.